The molecule has 0 amide bonds. The molecule has 0 aromatic heterocycles. The maximum absolute atomic E-state index is 2.42. The molecule has 26 heavy (non-hydrogen) atoms. The summed E-state index contributed by atoms with van der Waals surface area (Å²) in [5.41, 5.74) is 6.01. The van der Waals surface area contributed by atoms with E-state index in [-0.39, 0.29) is 0 Å². The minimum absolute atomic E-state index is 0.530. The summed E-state index contributed by atoms with van der Waals surface area (Å²) in [6.45, 7) is 13.3. The van der Waals surface area contributed by atoms with Crippen molar-refractivity contribution >= 4 is 74.5 Å². The summed E-state index contributed by atoms with van der Waals surface area (Å²) in [5.74, 6) is 0. The molecule has 0 aliphatic heterocycles. The Labute approximate surface area is 217 Å². The molecule has 5 heteroatoms. The summed E-state index contributed by atoms with van der Waals surface area (Å²) in [5, 5.41) is 0. The quantitative estimate of drug-likeness (QED) is 0.154. The summed E-state index contributed by atoms with van der Waals surface area (Å²) in [4.78, 5) is 0. The van der Waals surface area contributed by atoms with Crippen molar-refractivity contribution in [3.8, 4) is 0 Å². The molecule has 0 aromatic rings. The predicted octanol–water partition coefficient (Wildman–Crippen LogP) is 8.09. The van der Waals surface area contributed by atoms with E-state index in [0.717, 1.165) is 6.42 Å². The van der Waals surface area contributed by atoms with Crippen molar-refractivity contribution in [2.75, 3.05) is 0 Å². The van der Waals surface area contributed by atoms with E-state index >= 15 is 0 Å². The van der Waals surface area contributed by atoms with Crippen LogP contribution in [0, 0.1) is 0 Å². The average molecular weight is 923 g/mol. The number of halogens is 5. The van der Waals surface area contributed by atoms with Crippen LogP contribution in [0.2, 0.25) is 0 Å². The van der Waals surface area contributed by atoms with E-state index in [1.165, 1.54) is 60.8 Å². The van der Waals surface area contributed by atoms with Crippen LogP contribution in [-0.2, 0) is 0 Å². The number of hydrogen-bond donors (Lipinski definition) is 0. The van der Waals surface area contributed by atoms with Crippen molar-refractivity contribution in [1.82, 2.24) is 0 Å². The van der Waals surface area contributed by atoms with E-state index in [4.69, 9.17) is 0 Å². The molecule has 0 radical (unpaired) electrons. The Morgan fingerprint density at radius 3 is 1.27 bits per heavy atom. The second-order valence-electron chi connectivity index (χ2n) is 6.51. The van der Waals surface area contributed by atoms with Crippen LogP contribution in [0.25, 0.3) is 0 Å². The standard InChI is InChI=1S/C21H36.I3.I2/c1-7-11-19(4)14-9-15-21(6)17-10-16-20(5)13-8-12-18(2)3;1-3-2;1-2/h11-12,15-16H,7-10,13-14,17H2,1-6H3;;/q;-1;/b19-11-,20-16+,21-15+;;. The van der Waals surface area contributed by atoms with Crippen LogP contribution in [0.15, 0.2) is 46.6 Å². The van der Waals surface area contributed by atoms with Gasteiger partial charge < -0.3 is 0 Å². The fourth-order valence-electron chi connectivity index (χ4n) is 2.34. The van der Waals surface area contributed by atoms with Crippen molar-refractivity contribution in [3.63, 3.8) is 0 Å². The van der Waals surface area contributed by atoms with Crippen LogP contribution in [-0.4, -0.2) is 0 Å². The Morgan fingerprint density at radius 2 is 0.962 bits per heavy atom. The first-order valence-electron chi connectivity index (χ1n) is 8.98. The summed E-state index contributed by atoms with van der Waals surface area (Å²) in [7, 11) is 0. The van der Waals surface area contributed by atoms with Crippen LogP contribution < -0.4 is 13.3 Å². The molecule has 156 valence electrons. The molecule has 0 unspecified atom stereocenters. The van der Waals surface area contributed by atoms with Crippen LogP contribution in [0.1, 0.15) is 86.5 Å². The molecular formula is C21H36I5-. The summed E-state index contributed by atoms with van der Waals surface area (Å²) in [6.07, 6.45) is 17.8. The van der Waals surface area contributed by atoms with E-state index < -0.39 is 0 Å². The monoisotopic (exact) mass is 923 g/mol. The topological polar surface area (TPSA) is 0 Å². The minimum atomic E-state index is 0.530. The number of hydrogen-bond acceptors (Lipinski definition) is 0. The molecule has 0 saturated heterocycles. The fraction of sp³-hybridized carbons (Fsp3) is 0.619. The van der Waals surface area contributed by atoms with Crippen LogP contribution in [0.5, 0.6) is 0 Å². The third-order valence-corrected chi connectivity index (χ3v) is 3.71. The third kappa shape index (κ3) is 31.3. The van der Waals surface area contributed by atoms with E-state index in [1.54, 1.807) is 0 Å². The second-order valence-corrected chi connectivity index (χ2v) is 22.8. The van der Waals surface area contributed by atoms with Crippen molar-refractivity contribution in [2.45, 2.75) is 86.5 Å². The molecule has 0 N–H and O–H groups in total. The van der Waals surface area contributed by atoms with Gasteiger partial charge in [0.05, 0.1) is 0 Å². The molecule has 0 fully saturated rings. The molecule has 0 nitrogen and oxygen atoms in total. The molecule has 0 aliphatic carbocycles. The molecule has 0 atom stereocenters. The fourth-order valence-corrected chi connectivity index (χ4v) is 2.34. The molecule has 0 aromatic carbocycles. The zero-order valence-electron chi connectivity index (χ0n) is 17.1. The van der Waals surface area contributed by atoms with Gasteiger partial charge in [-0.3, -0.25) is 0 Å². The second kappa shape index (κ2) is 27.6. The normalized spacial score (nSPS) is 12.0. The van der Waals surface area contributed by atoms with Crippen LogP contribution in [0.4, 0.5) is 0 Å². The Morgan fingerprint density at radius 1 is 0.654 bits per heavy atom. The van der Waals surface area contributed by atoms with Gasteiger partial charge in [0.1, 0.15) is 0 Å². The van der Waals surface area contributed by atoms with Gasteiger partial charge in [-0.1, -0.05) is 53.5 Å². The molecule has 0 heterocycles. The van der Waals surface area contributed by atoms with Crippen molar-refractivity contribution in [1.29, 1.82) is 0 Å². The molecule has 0 saturated carbocycles. The third-order valence-electron chi connectivity index (χ3n) is 3.71. The first kappa shape index (κ1) is 33.3. The first-order chi connectivity index (χ1) is 12.4. The van der Waals surface area contributed by atoms with Crippen molar-refractivity contribution < 1.29 is 13.3 Å². The van der Waals surface area contributed by atoms with Crippen molar-refractivity contribution in [2.24, 2.45) is 0 Å². The zero-order valence-corrected chi connectivity index (χ0v) is 27.9. The molecule has 0 rings (SSSR count). The van der Waals surface area contributed by atoms with Gasteiger partial charge in [0.15, 0.2) is 0 Å². The van der Waals surface area contributed by atoms with E-state index in [9.17, 15) is 0 Å². The molecular weight excluding hydrogens is 887 g/mol. The maximum atomic E-state index is 2.42. The summed E-state index contributed by atoms with van der Waals surface area (Å²) >= 11 is 9.54. The van der Waals surface area contributed by atoms with E-state index in [1.807, 2.05) is 0 Å². The molecule has 0 bridgehead atoms. The van der Waals surface area contributed by atoms with Gasteiger partial charge in [0, 0.05) is 37.2 Å². The Bertz CT molecular complexity index is 416. The number of allylic oxidation sites excluding steroid dienone is 8. The van der Waals surface area contributed by atoms with Gasteiger partial charge in [0.25, 0.3) is 0 Å². The van der Waals surface area contributed by atoms with Gasteiger partial charge in [-0.05, 0) is 79.6 Å². The van der Waals surface area contributed by atoms with E-state index in [0.29, 0.717) is 13.3 Å². The average Bonchev–Trinajstić information content (AvgIpc) is 2.57. The van der Waals surface area contributed by atoms with E-state index in [2.05, 4.69) is 140 Å². The summed E-state index contributed by atoms with van der Waals surface area (Å²) in [6, 6.07) is 0. The summed E-state index contributed by atoms with van der Waals surface area (Å²) < 4.78 is 0. The Balaban J connectivity index is -0.000000950. The zero-order chi connectivity index (χ0) is 20.8. The SMILES string of the molecule is CC/C=C(/C)CC/C=C(\C)CC/C=C(\C)CCC=C(C)C.II.I[I-]I. The van der Waals surface area contributed by atoms with Gasteiger partial charge in [-0.25, -0.2) is 0 Å². The van der Waals surface area contributed by atoms with Gasteiger partial charge in [-0.2, -0.15) is 0 Å². The van der Waals surface area contributed by atoms with Crippen molar-refractivity contribution in [3.05, 3.63) is 46.6 Å². The molecule has 0 spiro atoms. The predicted molar refractivity (Wildman–Crippen MR) is 155 cm³/mol. The van der Waals surface area contributed by atoms with Crippen LogP contribution >= 0.6 is 74.5 Å². The Kier molecular flexibility index (Phi) is 35.3. The Hall–Kier alpha value is 2.61. The van der Waals surface area contributed by atoms with Gasteiger partial charge in [0.2, 0.25) is 0 Å². The van der Waals surface area contributed by atoms with Gasteiger partial charge in [-0.15, -0.1) is 0 Å². The van der Waals surface area contributed by atoms with Gasteiger partial charge >= 0.3 is 50.5 Å². The van der Waals surface area contributed by atoms with Crippen LogP contribution in [0.3, 0.4) is 0 Å². The molecule has 0 aliphatic rings. The first-order valence-corrected chi connectivity index (χ1v) is 27.8. The number of rotatable bonds is 10.